The molecule has 2 rings (SSSR count). The molecule has 1 heterocycles. The summed E-state index contributed by atoms with van der Waals surface area (Å²) in [6.45, 7) is 3.02. The van der Waals surface area contributed by atoms with Gasteiger partial charge in [-0.25, -0.2) is 13.1 Å². The van der Waals surface area contributed by atoms with E-state index in [4.69, 9.17) is 14.2 Å². The van der Waals surface area contributed by atoms with Gasteiger partial charge in [0, 0.05) is 32.8 Å². The molecule has 7 nitrogen and oxygen atoms in total. The lowest BCUT2D eigenvalue weighted by molar-refractivity contribution is 0.171. The van der Waals surface area contributed by atoms with Gasteiger partial charge in [0.15, 0.2) is 11.5 Å². The standard InChI is InChI=1S/C13H20N2O5S/c1-18-7-6-14-4-5-15-21(16,17)11-2-3-12-13(10-11)20-9-8-19-12/h2-3,10,14-15H,4-9H2,1H3. The number of benzene rings is 1. The minimum Gasteiger partial charge on any atom is -0.486 e. The van der Waals surface area contributed by atoms with Crippen LogP contribution in [0.1, 0.15) is 0 Å². The van der Waals surface area contributed by atoms with Crippen LogP contribution in [0.4, 0.5) is 0 Å². The third-order valence-corrected chi connectivity index (χ3v) is 4.36. The van der Waals surface area contributed by atoms with Crippen LogP contribution >= 0.6 is 0 Å². The Morgan fingerprint density at radius 1 is 1.14 bits per heavy atom. The van der Waals surface area contributed by atoms with Crippen molar-refractivity contribution < 1.29 is 22.6 Å². The van der Waals surface area contributed by atoms with Crippen molar-refractivity contribution in [3.63, 3.8) is 0 Å². The van der Waals surface area contributed by atoms with Crippen LogP contribution < -0.4 is 19.5 Å². The van der Waals surface area contributed by atoms with E-state index >= 15 is 0 Å². The van der Waals surface area contributed by atoms with Crippen molar-refractivity contribution in [1.82, 2.24) is 10.0 Å². The maximum atomic E-state index is 12.1. The number of sulfonamides is 1. The third kappa shape index (κ3) is 4.57. The SMILES string of the molecule is COCCNCCNS(=O)(=O)c1ccc2c(c1)OCCO2. The fourth-order valence-corrected chi connectivity index (χ4v) is 2.89. The predicted molar refractivity (Wildman–Crippen MR) is 77.4 cm³/mol. The number of hydrogen-bond acceptors (Lipinski definition) is 6. The molecule has 0 bridgehead atoms. The van der Waals surface area contributed by atoms with E-state index in [1.165, 1.54) is 12.1 Å². The van der Waals surface area contributed by atoms with Crippen molar-refractivity contribution >= 4 is 10.0 Å². The van der Waals surface area contributed by atoms with Gasteiger partial charge >= 0.3 is 0 Å². The Hall–Kier alpha value is -1.35. The van der Waals surface area contributed by atoms with E-state index in [0.29, 0.717) is 51.0 Å². The molecule has 0 radical (unpaired) electrons. The molecule has 0 aromatic heterocycles. The monoisotopic (exact) mass is 316 g/mol. The minimum atomic E-state index is -3.54. The van der Waals surface area contributed by atoms with Gasteiger partial charge in [0.05, 0.1) is 11.5 Å². The predicted octanol–water partition coefficient (Wildman–Crippen LogP) is -0.0279. The third-order valence-electron chi connectivity index (χ3n) is 2.90. The van der Waals surface area contributed by atoms with Gasteiger partial charge < -0.3 is 19.5 Å². The van der Waals surface area contributed by atoms with Crippen LogP contribution in [0.5, 0.6) is 11.5 Å². The van der Waals surface area contributed by atoms with Crippen molar-refractivity contribution in [2.75, 3.05) is 46.6 Å². The highest BCUT2D eigenvalue weighted by Gasteiger charge is 2.18. The fraction of sp³-hybridized carbons (Fsp3) is 0.538. The summed E-state index contributed by atoms with van der Waals surface area (Å²) in [5.74, 6) is 1.03. The first-order valence-corrected chi connectivity index (χ1v) is 8.21. The van der Waals surface area contributed by atoms with E-state index in [-0.39, 0.29) is 4.90 Å². The lowest BCUT2D eigenvalue weighted by atomic mass is 10.3. The van der Waals surface area contributed by atoms with Crippen molar-refractivity contribution in [2.45, 2.75) is 4.90 Å². The van der Waals surface area contributed by atoms with Gasteiger partial charge in [0.2, 0.25) is 10.0 Å². The molecule has 0 saturated heterocycles. The van der Waals surface area contributed by atoms with E-state index < -0.39 is 10.0 Å². The number of rotatable bonds is 8. The van der Waals surface area contributed by atoms with Crippen LogP contribution in [-0.4, -0.2) is 55.0 Å². The Morgan fingerprint density at radius 3 is 2.67 bits per heavy atom. The highest BCUT2D eigenvalue weighted by molar-refractivity contribution is 7.89. The topological polar surface area (TPSA) is 85.9 Å². The summed E-state index contributed by atoms with van der Waals surface area (Å²) in [4.78, 5) is 0.170. The Bertz CT molecular complexity index is 562. The summed E-state index contributed by atoms with van der Waals surface area (Å²) >= 11 is 0. The van der Waals surface area contributed by atoms with E-state index in [9.17, 15) is 8.42 Å². The van der Waals surface area contributed by atoms with Crippen LogP contribution in [0, 0.1) is 0 Å². The molecular weight excluding hydrogens is 296 g/mol. The zero-order chi connectivity index (χ0) is 15.1. The second-order valence-corrected chi connectivity index (χ2v) is 6.21. The van der Waals surface area contributed by atoms with Crippen molar-refractivity contribution in [3.05, 3.63) is 18.2 Å². The smallest absolute Gasteiger partial charge is 0.240 e. The first kappa shape index (κ1) is 16.0. The Morgan fingerprint density at radius 2 is 1.90 bits per heavy atom. The number of methoxy groups -OCH3 is 1. The second kappa shape index (κ2) is 7.60. The Kier molecular flexibility index (Phi) is 5.80. The van der Waals surface area contributed by atoms with Gasteiger partial charge in [-0.3, -0.25) is 0 Å². The van der Waals surface area contributed by atoms with Crippen LogP contribution in [0.15, 0.2) is 23.1 Å². The molecule has 0 spiro atoms. The summed E-state index contributed by atoms with van der Waals surface area (Å²) in [5.41, 5.74) is 0. The van der Waals surface area contributed by atoms with Crippen molar-refractivity contribution in [1.29, 1.82) is 0 Å². The summed E-state index contributed by atoms with van der Waals surface area (Å²) < 4.78 is 42.5. The molecule has 0 unspecified atom stereocenters. The summed E-state index contributed by atoms with van der Waals surface area (Å²) in [7, 11) is -1.93. The number of hydrogen-bond donors (Lipinski definition) is 2. The average molecular weight is 316 g/mol. The molecule has 1 aromatic rings. The lowest BCUT2D eigenvalue weighted by Gasteiger charge is -2.18. The minimum absolute atomic E-state index is 0.170. The quantitative estimate of drug-likeness (QED) is 0.655. The highest BCUT2D eigenvalue weighted by Crippen LogP contribution is 2.31. The van der Waals surface area contributed by atoms with Crippen LogP contribution in [0.25, 0.3) is 0 Å². The molecule has 0 saturated carbocycles. The molecule has 8 heteroatoms. The van der Waals surface area contributed by atoms with E-state index in [0.717, 1.165) is 0 Å². The molecule has 2 N–H and O–H groups in total. The Labute approximate surface area is 124 Å². The molecule has 21 heavy (non-hydrogen) atoms. The van der Waals surface area contributed by atoms with Crippen LogP contribution in [0.2, 0.25) is 0 Å². The second-order valence-electron chi connectivity index (χ2n) is 4.45. The average Bonchev–Trinajstić information content (AvgIpc) is 2.50. The number of ether oxygens (including phenoxy) is 3. The van der Waals surface area contributed by atoms with Crippen LogP contribution in [0.3, 0.4) is 0 Å². The summed E-state index contributed by atoms with van der Waals surface area (Å²) in [6.07, 6.45) is 0. The summed E-state index contributed by atoms with van der Waals surface area (Å²) in [5, 5.41) is 3.06. The number of nitrogens with one attached hydrogen (secondary N) is 2. The Balaban J connectivity index is 1.90. The van der Waals surface area contributed by atoms with Gasteiger partial charge in [-0.15, -0.1) is 0 Å². The van der Waals surface area contributed by atoms with Gasteiger partial charge in [0.1, 0.15) is 13.2 Å². The molecule has 118 valence electrons. The largest absolute Gasteiger partial charge is 0.486 e. The zero-order valence-electron chi connectivity index (χ0n) is 11.9. The van der Waals surface area contributed by atoms with E-state index in [1.807, 2.05) is 0 Å². The maximum absolute atomic E-state index is 12.1. The molecule has 1 aliphatic heterocycles. The van der Waals surface area contributed by atoms with Crippen molar-refractivity contribution in [3.8, 4) is 11.5 Å². The first-order chi connectivity index (χ1) is 10.1. The van der Waals surface area contributed by atoms with Gasteiger partial charge in [0.25, 0.3) is 0 Å². The zero-order valence-corrected chi connectivity index (χ0v) is 12.7. The molecule has 0 atom stereocenters. The molecule has 0 aliphatic carbocycles. The maximum Gasteiger partial charge on any atom is 0.240 e. The van der Waals surface area contributed by atoms with Gasteiger partial charge in [-0.2, -0.15) is 0 Å². The normalized spacial score (nSPS) is 14.1. The lowest BCUT2D eigenvalue weighted by Crippen LogP contribution is -2.33. The van der Waals surface area contributed by atoms with Gasteiger partial charge in [-0.05, 0) is 12.1 Å². The molecular formula is C13H20N2O5S. The summed E-state index contributed by atoms with van der Waals surface area (Å²) in [6, 6.07) is 4.60. The first-order valence-electron chi connectivity index (χ1n) is 6.72. The molecule has 1 aliphatic rings. The highest BCUT2D eigenvalue weighted by atomic mass is 32.2. The fourth-order valence-electron chi connectivity index (χ4n) is 1.85. The molecule has 0 fully saturated rings. The van der Waals surface area contributed by atoms with Crippen LogP contribution in [-0.2, 0) is 14.8 Å². The van der Waals surface area contributed by atoms with E-state index in [1.54, 1.807) is 13.2 Å². The molecule has 1 aromatic carbocycles. The van der Waals surface area contributed by atoms with Crippen molar-refractivity contribution in [2.24, 2.45) is 0 Å². The van der Waals surface area contributed by atoms with E-state index in [2.05, 4.69) is 10.0 Å². The van der Waals surface area contributed by atoms with Gasteiger partial charge in [-0.1, -0.05) is 0 Å². The number of fused-ring (bicyclic) bond motifs is 1. The molecule has 0 amide bonds.